The van der Waals surface area contributed by atoms with Crippen LogP contribution in [-0.2, 0) is 0 Å². The molecule has 5 aliphatic rings. The van der Waals surface area contributed by atoms with Crippen LogP contribution in [0.3, 0.4) is 0 Å². The summed E-state index contributed by atoms with van der Waals surface area (Å²) in [4.78, 5) is 12.3. The number of likely N-dealkylation sites (N-methyl/N-ethyl adjacent to an activating group) is 1. The Hall–Kier alpha value is -1.29. The van der Waals surface area contributed by atoms with Gasteiger partial charge in [-0.25, -0.2) is 4.98 Å². The van der Waals surface area contributed by atoms with E-state index < -0.39 is 0 Å². The highest BCUT2D eigenvalue weighted by Crippen LogP contribution is 2.55. The van der Waals surface area contributed by atoms with Gasteiger partial charge in [0.2, 0.25) is 0 Å². The quantitative estimate of drug-likeness (QED) is 0.843. The maximum Gasteiger partial charge on any atom is 0.130 e. The molecule has 1 aliphatic heterocycles. The Labute approximate surface area is 152 Å². The number of anilines is 2. The fourth-order valence-electron chi connectivity index (χ4n) is 6.54. The van der Waals surface area contributed by atoms with Crippen LogP contribution < -0.4 is 9.80 Å². The fraction of sp³-hybridized carbons (Fsp3) is 0.762. The first-order chi connectivity index (χ1) is 12.2. The predicted molar refractivity (Wildman–Crippen MR) is 103 cm³/mol. The predicted octanol–water partition coefficient (Wildman–Crippen LogP) is 3.09. The van der Waals surface area contributed by atoms with Crippen LogP contribution in [0.4, 0.5) is 11.5 Å². The SMILES string of the molecule is CN1CCN(c2ccnc(N(C)C3C4CC5CC(C4)CC3C5)c2)CC1. The second-order valence-corrected chi connectivity index (χ2v) is 9.19. The Kier molecular flexibility index (Phi) is 3.92. The van der Waals surface area contributed by atoms with E-state index in [1.54, 1.807) is 0 Å². The van der Waals surface area contributed by atoms with Crippen LogP contribution in [0.25, 0.3) is 0 Å². The number of hydrogen-bond donors (Lipinski definition) is 0. The average molecular weight is 341 g/mol. The van der Waals surface area contributed by atoms with Gasteiger partial charge in [0.15, 0.2) is 0 Å². The van der Waals surface area contributed by atoms with E-state index in [1.807, 2.05) is 6.20 Å². The van der Waals surface area contributed by atoms with E-state index in [1.165, 1.54) is 43.6 Å². The van der Waals surface area contributed by atoms with Crippen molar-refractivity contribution in [2.75, 3.05) is 50.1 Å². The zero-order chi connectivity index (χ0) is 17.0. The van der Waals surface area contributed by atoms with Gasteiger partial charge < -0.3 is 14.7 Å². The lowest BCUT2D eigenvalue weighted by Crippen LogP contribution is -2.55. The Morgan fingerprint density at radius 1 is 0.960 bits per heavy atom. The molecule has 4 bridgehead atoms. The zero-order valence-corrected chi connectivity index (χ0v) is 15.8. The van der Waals surface area contributed by atoms with Gasteiger partial charge in [-0.2, -0.15) is 0 Å². The molecule has 1 aromatic heterocycles. The molecule has 1 saturated heterocycles. The van der Waals surface area contributed by atoms with Gasteiger partial charge in [-0.1, -0.05) is 0 Å². The molecule has 2 heterocycles. The van der Waals surface area contributed by atoms with Crippen molar-refractivity contribution >= 4 is 11.5 Å². The van der Waals surface area contributed by atoms with Crippen LogP contribution in [0.2, 0.25) is 0 Å². The highest BCUT2D eigenvalue weighted by atomic mass is 15.3. The molecule has 4 saturated carbocycles. The molecule has 4 heteroatoms. The molecule has 25 heavy (non-hydrogen) atoms. The number of piperazine rings is 1. The average Bonchev–Trinajstić information content (AvgIpc) is 2.61. The molecule has 4 aliphatic carbocycles. The minimum absolute atomic E-state index is 0.725. The summed E-state index contributed by atoms with van der Waals surface area (Å²) in [5.41, 5.74) is 1.36. The Morgan fingerprint density at radius 3 is 2.24 bits per heavy atom. The lowest BCUT2D eigenvalue weighted by molar-refractivity contribution is -0.00142. The van der Waals surface area contributed by atoms with Crippen molar-refractivity contribution in [2.45, 2.75) is 38.1 Å². The van der Waals surface area contributed by atoms with Gasteiger partial charge in [0.05, 0.1) is 0 Å². The lowest BCUT2D eigenvalue weighted by Gasteiger charge is -2.56. The smallest absolute Gasteiger partial charge is 0.130 e. The molecule has 6 rings (SSSR count). The highest BCUT2D eigenvalue weighted by Gasteiger charge is 2.49. The van der Waals surface area contributed by atoms with Crippen LogP contribution in [0.1, 0.15) is 32.1 Å². The molecule has 1 aromatic rings. The van der Waals surface area contributed by atoms with E-state index in [2.05, 4.69) is 40.9 Å². The molecule has 0 amide bonds. The van der Waals surface area contributed by atoms with Crippen molar-refractivity contribution in [2.24, 2.45) is 23.7 Å². The van der Waals surface area contributed by atoms with E-state index in [0.29, 0.717) is 0 Å². The molecule has 0 radical (unpaired) electrons. The summed E-state index contributed by atoms with van der Waals surface area (Å²) in [5, 5.41) is 0. The number of aromatic nitrogens is 1. The molecule has 0 unspecified atom stereocenters. The van der Waals surface area contributed by atoms with Gasteiger partial charge in [-0.05, 0) is 68.9 Å². The van der Waals surface area contributed by atoms with Gasteiger partial charge in [0.1, 0.15) is 5.82 Å². The van der Waals surface area contributed by atoms with Gasteiger partial charge in [0, 0.05) is 57.2 Å². The first-order valence-electron chi connectivity index (χ1n) is 10.3. The van der Waals surface area contributed by atoms with Crippen LogP contribution in [-0.4, -0.2) is 56.2 Å². The fourth-order valence-corrected chi connectivity index (χ4v) is 6.54. The number of nitrogens with zero attached hydrogens (tertiary/aromatic N) is 4. The molecule has 0 aromatic carbocycles. The third-order valence-electron chi connectivity index (χ3n) is 7.58. The molecule has 5 fully saturated rings. The number of rotatable bonds is 3. The second-order valence-electron chi connectivity index (χ2n) is 9.19. The summed E-state index contributed by atoms with van der Waals surface area (Å²) >= 11 is 0. The topological polar surface area (TPSA) is 22.6 Å². The van der Waals surface area contributed by atoms with Crippen molar-refractivity contribution in [3.63, 3.8) is 0 Å². The van der Waals surface area contributed by atoms with Crippen molar-refractivity contribution < 1.29 is 0 Å². The van der Waals surface area contributed by atoms with Crippen LogP contribution in [0.15, 0.2) is 18.3 Å². The molecule has 136 valence electrons. The van der Waals surface area contributed by atoms with Crippen LogP contribution >= 0.6 is 0 Å². The summed E-state index contributed by atoms with van der Waals surface area (Å²) in [6, 6.07) is 5.26. The first-order valence-corrected chi connectivity index (χ1v) is 10.3. The summed E-state index contributed by atoms with van der Waals surface area (Å²) < 4.78 is 0. The Bertz CT molecular complexity index is 594. The minimum Gasteiger partial charge on any atom is -0.369 e. The van der Waals surface area contributed by atoms with Crippen molar-refractivity contribution in [3.8, 4) is 0 Å². The third kappa shape index (κ3) is 2.83. The molecule has 4 nitrogen and oxygen atoms in total. The van der Waals surface area contributed by atoms with Crippen LogP contribution in [0, 0.1) is 23.7 Å². The van der Waals surface area contributed by atoms with Gasteiger partial charge in [-0.3, -0.25) is 0 Å². The van der Waals surface area contributed by atoms with E-state index in [9.17, 15) is 0 Å². The number of hydrogen-bond acceptors (Lipinski definition) is 4. The molecular weight excluding hydrogens is 308 g/mol. The summed E-state index contributed by atoms with van der Waals surface area (Å²) in [7, 11) is 4.53. The van der Waals surface area contributed by atoms with Gasteiger partial charge in [0.25, 0.3) is 0 Å². The standard InChI is InChI=1S/C21H32N4/c1-23-5-7-25(8-6-23)19-3-4-22-20(14-19)24(2)21-17-10-15-9-16(12-17)13-18(21)11-15/h3-4,14-18,21H,5-13H2,1-2H3. The van der Waals surface area contributed by atoms with Gasteiger partial charge >= 0.3 is 0 Å². The van der Waals surface area contributed by atoms with Crippen molar-refractivity contribution in [3.05, 3.63) is 18.3 Å². The zero-order valence-electron chi connectivity index (χ0n) is 15.8. The lowest BCUT2D eigenvalue weighted by atomic mass is 9.54. The third-order valence-corrected chi connectivity index (χ3v) is 7.58. The maximum absolute atomic E-state index is 4.77. The molecule has 0 atom stereocenters. The first kappa shape index (κ1) is 15.9. The monoisotopic (exact) mass is 340 g/mol. The Balaban J connectivity index is 1.35. The van der Waals surface area contributed by atoms with Crippen molar-refractivity contribution in [1.82, 2.24) is 9.88 Å². The molecular formula is C21H32N4. The minimum atomic E-state index is 0.725. The van der Waals surface area contributed by atoms with Gasteiger partial charge in [-0.15, -0.1) is 0 Å². The second kappa shape index (κ2) is 6.15. The summed E-state index contributed by atoms with van der Waals surface area (Å²) in [6.07, 6.45) is 9.44. The van der Waals surface area contributed by atoms with Crippen LogP contribution in [0.5, 0.6) is 0 Å². The highest BCUT2D eigenvalue weighted by molar-refractivity contribution is 5.55. The van der Waals surface area contributed by atoms with E-state index in [4.69, 9.17) is 4.98 Å². The van der Waals surface area contributed by atoms with Crippen molar-refractivity contribution in [1.29, 1.82) is 0 Å². The van der Waals surface area contributed by atoms with E-state index in [0.717, 1.165) is 55.9 Å². The Morgan fingerprint density at radius 2 is 1.60 bits per heavy atom. The summed E-state index contributed by atoms with van der Waals surface area (Å²) in [5.74, 6) is 5.09. The molecule has 0 spiro atoms. The van der Waals surface area contributed by atoms with E-state index >= 15 is 0 Å². The van der Waals surface area contributed by atoms with E-state index in [-0.39, 0.29) is 0 Å². The largest absolute Gasteiger partial charge is 0.369 e. The normalized spacial score (nSPS) is 37.5. The molecule has 0 N–H and O–H groups in total. The summed E-state index contributed by atoms with van der Waals surface area (Å²) in [6.45, 7) is 4.56. The maximum atomic E-state index is 4.77. The number of pyridine rings is 1.